The molecule has 7 N–H and O–H groups in total. The molecule has 2 rings (SSSR count). The number of hydrogen-bond donors (Lipinski definition) is 5. The van der Waals surface area contributed by atoms with Crippen molar-refractivity contribution in [3.05, 3.63) is 0 Å². The van der Waals surface area contributed by atoms with Gasteiger partial charge in [-0.2, -0.15) is 0 Å². The Morgan fingerprint density at radius 1 is 0.919 bits per heavy atom. The van der Waals surface area contributed by atoms with Gasteiger partial charge in [0.05, 0.1) is 18.5 Å². The summed E-state index contributed by atoms with van der Waals surface area (Å²) >= 11 is 0. The largest absolute Gasteiger partial charge is 0.481 e. The van der Waals surface area contributed by atoms with Gasteiger partial charge in [0.25, 0.3) is 0 Å². The molecule has 37 heavy (non-hydrogen) atoms. The molecular weight excluding hydrogens is 480 g/mol. The van der Waals surface area contributed by atoms with Crippen LogP contribution in [0, 0.1) is 23.7 Å². The predicted octanol–water partition coefficient (Wildman–Crippen LogP) is 0.780. The highest BCUT2D eigenvalue weighted by Crippen LogP contribution is 2.32. The minimum absolute atomic E-state index is 0.201. The number of amides is 1. The fourth-order valence-corrected chi connectivity index (χ4v) is 5.74. The van der Waals surface area contributed by atoms with E-state index in [4.69, 9.17) is 11.5 Å². The minimum Gasteiger partial charge on any atom is -0.481 e. The zero-order valence-corrected chi connectivity index (χ0v) is 21.9. The number of likely N-dealkylation sites (N-methyl/N-ethyl adjacent to an activating group) is 1. The lowest BCUT2D eigenvalue weighted by Gasteiger charge is -2.33. The Hall–Kier alpha value is -2.37. The topological polar surface area (TPSA) is 193 Å². The molecule has 4 atom stereocenters. The summed E-state index contributed by atoms with van der Waals surface area (Å²) in [6.07, 6.45) is 7.77. The number of aliphatic carboxylic acids is 2. The van der Waals surface area contributed by atoms with Gasteiger partial charge in [0.2, 0.25) is 5.91 Å². The SMILES string of the molecule is CCN(CC(=O)C(C(=O)C(N)C(C(=O)O)C1CCCCC1)[C@@H](N)C(=O)O)C(=O)CCCC1CCNCC1. The first-order valence-electron chi connectivity index (χ1n) is 13.6. The average molecular weight is 525 g/mol. The predicted molar refractivity (Wildman–Crippen MR) is 136 cm³/mol. The van der Waals surface area contributed by atoms with Crippen molar-refractivity contribution in [2.75, 3.05) is 26.2 Å². The molecule has 11 nitrogen and oxygen atoms in total. The number of Topliss-reactive ketones (excluding diaryl/α,β-unsaturated/α-hetero) is 2. The zero-order chi connectivity index (χ0) is 27.5. The van der Waals surface area contributed by atoms with Crippen molar-refractivity contribution < 1.29 is 34.2 Å². The molecule has 1 saturated heterocycles. The van der Waals surface area contributed by atoms with Gasteiger partial charge >= 0.3 is 11.9 Å². The van der Waals surface area contributed by atoms with E-state index in [1.807, 2.05) is 0 Å². The summed E-state index contributed by atoms with van der Waals surface area (Å²) in [5.41, 5.74) is 11.9. The molecule has 3 unspecified atom stereocenters. The monoisotopic (exact) mass is 524 g/mol. The second-order valence-electron chi connectivity index (χ2n) is 10.5. The van der Waals surface area contributed by atoms with Crippen LogP contribution < -0.4 is 16.8 Å². The van der Waals surface area contributed by atoms with E-state index in [9.17, 15) is 34.2 Å². The molecule has 2 aliphatic rings. The molecule has 210 valence electrons. The highest BCUT2D eigenvalue weighted by molar-refractivity contribution is 6.10. The van der Waals surface area contributed by atoms with Crippen LogP contribution in [0.5, 0.6) is 0 Å². The van der Waals surface area contributed by atoms with Gasteiger partial charge in [0.1, 0.15) is 12.0 Å². The third-order valence-corrected chi connectivity index (χ3v) is 8.00. The molecule has 0 aromatic carbocycles. The maximum Gasteiger partial charge on any atom is 0.321 e. The minimum atomic E-state index is -1.89. The zero-order valence-electron chi connectivity index (χ0n) is 21.9. The molecule has 0 bridgehead atoms. The van der Waals surface area contributed by atoms with Gasteiger partial charge in [0, 0.05) is 13.0 Å². The number of carbonyl (C=O) groups excluding carboxylic acids is 3. The highest BCUT2D eigenvalue weighted by atomic mass is 16.4. The molecule has 0 aromatic rings. The first-order chi connectivity index (χ1) is 17.6. The summed E-state index contributed by atoms with van der Waals surface area (Å²) < 4.78 is 0. The first-order valence-corrected chi connectivity index (χ1v) is 13.6. The molecule has 1 aliphatic heterocycles. The Bertz CT molecular complexity index is 809. The number of piperidine rings is 1. The van der Waals surface area contributed by atoms with Gasteiger partial charge < -0.3 is 31.9 Å². The van der Waals surface area contributed by atoms with Crippen LogP contribution in [0.4, 0.5) is 0 Å². The Kier molecular flexibility index (Phi) is 12.6. The number of nitrogens with zero attached hydrogens (tertiary/aromatic N) is 1. The van der Waals surface area contributed by atoms with E-state index < -0.39 is 54.0 Å². The summed E-state index contributed by atoms with van der Waals surface area (Å²) in [7, 11) is 0. The molecule has 1 heterocycles. The number of ketones is 2. The number of carboxylic acids is 2. The van der Waals surface area contributed by atoms with E-state index in [-0.39, 0.29) is 24.8 Å². The van der Waals surface area contributed by atoms with Crippen LogP contribution in [-0.4, -0.2) is 82.8 Å². The number of nitrogens with one attached hydrogen (secondary N) is 1. The summed E-state index contributed by atoms with van der Waals surface area (Å²) in [5.74, 6) is -7.75. The van der Waals surface area contributed by atoms with Crippen molar-refractivity contribution in [3.63, 3.8) is 0 Å². The second-order valence-corrected chi connectivity index (χ2v) is 10.5. The van der Waals surface area contributed by atoms with E-state index in [0.717, 1.165) is 51.6 Å². The van der Waals surface area contributed by atoms with Gasteiger partial charge in [0.15, 0.2) is 11.6 Å². The molecule has 0 radical (unpaired) electrons. The molecule has 0 spiro atoms. The number of rotatable bonds is 15. The average Bonchev–Trinajstić information content (AvgIpc) is 2.88. The van der Waals surface area contributed by atoms with Gasteiger partial charge in [-0.15, -0.1) is 0 Å². The Morgan fingerprint density at radius 2 is 1.54 bits per heavy atom. The van der Waals surface area contributed by atoms with E-state index >= 15 is 0 Å². The molecule has 2 fully saturated rings. The quantitative estimate of drug-likeness (QED) is 0.191. The van der Waals surface area contributed by atoms with E-state index in [0.29, 0.717) is 25.2 Å². The lowest BCUT2D eigenvalue weighted by Crippen LogP contribution is -2.56. The Labute approximate surface area is 218 Å². The van der Waals surface area contributed by atoms with Gasteiger partial charge in [-0.1, -0.05) is 19.3 Å². The molecule has 0 aromatic heterocycles. The van der Waals surface area contributed by atoms with Gasteiger partial charge in [-0.05, 0) is 70.4 Å². The van der Waals surface area contributed by atoms with Crippen LogP contribution in [-0.2, 0) is 24.0 Å². The van der Waals surface area contributed by atoms with Crippen LogP contribution in [0.2, 0.25) is 0 Å². The molecular formula is C26H44N4O7. The highest BCUT2D eigenvalue weighted by Gasteiger charge is 2.45. The smallest absolute Gasteiger partial charge is 0.321 e. The number of hydrogen-bond acceptors (Lipinski definition) is 8. The maximum absolute atomic E-state index is 13.3. The fraction of sp³-hybridized carbons (Fsp3) is 0.808. The van der Waals surface area contributed by atoms with Crippen LogP contribution in [0.15, 0.2) is 0 Å². The standard InChI is InChI=1S/C26H44N4O7/c1-2-30(19(32)10-6-7-16-11-13-29-14-12-16)15-18(31)21(23(28)26(36)37)24(33)22(27)20(25(34)35)17-8-4-3-5-9-17/h16-17,20-23,29H,2-15,27-28H2,1H3,(H,34,35)(H,36,37)/t20?,21?,22?,23-/m1/s1. The van der Waals surface area contributed by atoms with E-state index in [2.05, 4.69) is 5.32 Å². The lowest BCUT2D eigenvalue weighted by atomic mass is 9.73. The fourth-order valence-electron chi connectivity index (χ4n) is 5.74. The van der Waals surface area contributed by atoms with Gasteiger partial charge in [-0.25, -0.2) is 0 Å². The van der Waals surface area contributed by atoms with Crippen molar-refractivity contribution in [1.82, 2.24) is 10.2 Å². The summed E-state index contributed by atoms with van der Waals surface area (Å²) in [4.78, 5) is 64.4. The second kappa shape index (κ2) is 15.1. The maximum atomic E-state index is 13.3. The summed E-state index contributed by atoms with van der Waals surface area (Å²) in [6, 6.07) is -3.46. The normalized spacial score (nSPS) is 20.4. The third kappa shape index (κ3) is 8.86. The Balaban J connectivity index is 2.09. The van der Waals surface area contributed by atoms with Crippen LogP contribution in [0.1, 0.15) is 71.1 Å². The van der Waals surface area contributed by atoms with Crippen molar-refractivity contribution in [2.45, 2.75) is 83.2 Å². The van der Waals surface area contributed by atoms with Crippen LogP contribution >= 0.6 is 0 Å². The molecule has 1 aliphatic carbocycles. The van der Waals surface area contributed by atoms with Crippen LogP contribution in [0.25, 0.3) is 0 Å². The molecule has 11 heteroatoms. The summed E-state index contributed by atoms with van der Waals surface area (Å²) in [5, 5.41) is 22.6. The van der Waals surface area contributed by atoms with Crippen molar-refractivity contribution in [2.24, 2.45) is 35.1 Å². The first kappa shape index (κ1) is 30.9. The van der Waals surface area contributed by atoms with Crippen molar-refractivity contribution in [1.29, 1.82) is 0 Å². The van der Waals surface area contributed by atoms with E-state index in [1.165, 1.54) is 4.90 Å². The van der Waals surface area contributed by atoms with Crippen molar-refractivity contribution in [3.8, 4) is 0 Å². The number of carbonyl (C=O) groups is 5. The number of carboxylic acid groups (broad SMARTS) is 2. The molecule has 1 amide bonds. The Morgan fingerprint density at radius 3 is 2.08 bits per heavy atom. The number of nitrogens with two attached hydrogens (primary N) is 2. The van der Waals surface area contributed by atoms with Crippen LogP contribution in [0.3, 0.4) is 0 Å². The third-order valence-electron chi connectivity index (χ3n) is 8.00. The lowest BCUT2D eigenvalue weighted by molar-refractivity contribution is -0.151. The van der Waals surface area contributed by atoms with Gasteiger partial charge in [-0.3, -0.25) is 24.0 Å². The van der Waals surface area contributed by atoms with E-state index in [1.54, 1.807) is 6.92 Å². The van der Waals surface area contributed by atoms with Crippen molar-refractivity contribution >= 4 is 29.4 Å². The molecule has 1 saturated carbocycles. The summed E-state index contributed by atoms with van der Waals surface area (Å²) in [6.45, 7) is 3.36.